The largest absolute Gasteiger partial charge is 0.511 e. The molecule has 2 aliphatic heterocycles. The number of ether oxygens (including phenoxy) is 1. The van der Waals surface area contributed by atoms with Crippen molar-refractivity contribution in [3.8, 4) is 5.75 Å². The van der Waals surface area contributed by atoms with Gasteiger partial charge in [0, 0.05) is 24.8 Å². The summed E-state index contributed by atoms with van der Waals surface area (Å²) in [7, 11) is -5.97. The molecule has 10 nitrogen and oxygen atoms in total. The maximum Gasteiger partial charge on any atom is 0.287 e. The minimum atomic E-state index is -4.26. The molecule has 1 aromatic heterocycles. The third-order valence-electron chi connectivity index (χ3n) is 7.85. The van der Waals surface area contributed by atoms with Crippen molar-refractivity contribution in [2.24, 2.45) is 10.3 Å². The van der Waals surface area contributed by atoms with E-state index >= 15 is 0 Å². The summed E-state index contributed by atoms with van der Waals surface area (Å²) in [6.07, 6.45) is 5.34. The third kappa shape index (κ3) is 5.51. The Kier molecular flexibility index (Phi) is 7.75. The lowest BCUT2D eigenvalue weighted by molar-refractivity contribution is -0.132. The monoisotopic (exact) mass is 607 g/mol. The van der Waals surface area contributed by atoms with E-state index in [-0.39, 0.29) is 51.2 Å². The molecule has 0 saturated heterocycles. The fourth-order valence-corrected chi connectivity index (χ4v) is 9.02. The second-order valence-corrected chi connectivity index (χ2v) is 15.3. The van der Waals surface area contributed by atoms with Crippen LogP contribution in [-0.2, 0) is 37.6 Å². The van der Waals surface area contributed by atoms with E-state index in [0.717, 1.165) is 54.4 Å². The van der Waals surface area contributed by atoms with Gasteiger partial charge in [-0.05, 0) is 60.4 Å². The maximum atomic E-state index is 14.1. The minimum Gasteiger partial charge on any atom is -0.511 e. The van der Waals surface area contributed by atoms with E-state index in [1.807, 2.05) is 25.1 Å². The average Bonchev–Trinajstić information content (AvgIpc) is 3.14. The zero-order valence-electron chi connectivity index (χ0n) is 22.6. The summed E-state index contributed by atoms with van der Waals surface area (Å²) in [6, 6.07) is 5.44. The van der Waals surface area contributed by atoms with Gasteiger partial charge in [0.15, 0.2) is 5.84 Å². The van der Waals surface area contributed by atoms with Crippen LogP contribution < -0.4 is 10.1 Å². The van der Waals surface area contributed by atoms with Crippen molar-refractivity contribution < 1.29 is 31.5 Å². The second kappa shape index (κ2) is 10.8. The number of sulfonamides is 1. The zero-order valence-corrected chi connectivity index (χ0v) is 25.1. The number of benzene rings is 1. The molecule has 0 spiro atoms. The Morgan fingerprint density at radius 3 is 2.65 bits per heavy atom. The van der Waals surface area contributed by atoms with E-state index in [1.165, 1.54) is 0 Å². The summed E-state index contributed by atoms with van der Waals surface area (Å²) in [5.41, 5.74) is 2.11. The highest BCUT2D eigenvalue weighted by Crippen LogP contribution is 2.42. The van der Waals surface area contributed by atoms with Gasteiger partial charge in [-0.15, -0.1) is 15.7 Å². The van der Waals surface area contributed by atoms with Gasteiger partial charge in [-0.2, -0.15) is 8.42 Å². The van der Waals surface area contributed by atoms with E-state index in [9.17, 15) is 26.7 Å². The molecule has 3 heterocycles. The molecule has 2 unspecified atom stereocenters. The maximum absolute atomic E-state index is 14.1. The van der Waals surface area contributed by atoms with Gasteiger partial charge in [-0.1, -0.05) is 25.3 Å². The van der Waals surface area contributed by atoms with Crippen molar-refractivity contribution in [2.75, 3.05) is 24.4 Å². The molecule has 1 aromatic carbocycles. The normalized spacial score (nSPS) is 22.6. The van der Waals surface area contributed by atoms with Gasteiger partial charge in [-0.3, -0.25) is 4.79 Å². The average molecular weight is 608 g/mol. The fraction of sp³-hybridized carbons (Fsp3) is 0.481. The minimum absolute atomic E-state index is 0.0298. The number of rotatable bonds is 7. The Balaban J connectivity index is 1.54. The number of methoxy groups -OCH3 is 1. The Hall–Kier alpha value is -2.90. The van der Waals surface area contributed by atoms with E-state index in [0.29, 0.717) is 24.3 Å². The van der Waals surface area contributed by atoms with Gasteiger partial charge in [0.25, 0.3) is 15.9 Å². The van der Waals surface area contributed by atoms with E-state index in [2.05, 4.69) is 9.71 Å². The van der Waals surface area contributed by atoms with Crippen molar-refractivity contribution >= 4 is 47.9 Å². The first-order chi connectivity index (χ1) is 18.9. The highest BCUT2D eigenvalue weighted by molar-refractivity contribution is 7.91. The molecule has 2 atom stereocenters. The van der Waals surface area contributed by atoms with Gasteiger partial charge >= 0.3 is 0 Å². The molecular weight excluding hydrogens is 575 g/mol. The molecule has 5 rings (SSSR count). The molecule has 216 valence electrons. The van der Waals surface area contributed by atoms with Crippen LogP contribution in [-0.4, -0.2) is 63.7 Å². The third-order valence-corrected chi connectivity index (χ3v) is 11.3. The second-order valence-electron chi connectivity index (χ2n) is 10.6. The smallest absolute Gasteiger partial charge is 0.287 e. The molecule has 1 aliphatic carbocycles. The lowest BCUT2D eigenvalue weighted by Crippen LogP contribution is -2.51. The number of hydrogen-bond donors (Lipinski definition) is 2. The number of amidine groups is 1. The highest BCUT2D eigenvalue weighted by Gasteiger charge is 2.45. The van der Waals surface area contributed by atoms with Gasteiger partial charge in [0.05, 0.1) is 12.9 Å². The van der Waals surface area contributed by atoms with Crippen molar-refractivity contribution in [1.82, 2.24) is 4.90 Å². The number of nitrogens with one attached hydrogen (secondary N) is 1. The van der Waals surface area contributed by atoms with Crippen molar-refractivity contribution in [3.05, 3.63) is 51.6 Å². The number of fused-ring (bicyclic) bond motifs is 2. The van der Waals surface area contributed by atoms with Crippen LogP contribution in [0.15, 0.2) is 44.2 Å². The zero-order chi connectivity index (χ0) is 28.8. The molecule has 0 radical (unpaired) electrons. The van der Waals surface area contributed by atoms with Crippen LogP contribution in [0.3, 0.4) is 0 Å². The molecule has 1 amide bonds. The summed E-state index contributed by atoms with van der Waals surface area (Å²) >= 11 is 1.10. The van der Waals surface area contributed by atoms with Crippen LogP contribution in [0, 0.1) is 12.8 Å². The molecule has 0 bridgehead atoms. The molecule has 2 N–H and O–H groups in total. The van der Waals surface area contributed by atoms with E-state index in [1.54, 1.807) is 17.4 Å². The molecule has 40 heavy (non-hydrogen) atoms. The number of amides is 1. The van der Waals surface area contributed by atoms with Crippen LogP contribution in [0.25, 0.3) is 0 Å². The first-order valence-electron chi connectivity index (χ1n) is 13.2. The predicted molar refractivity (Wildman–Crippen MR) is 154 cm³/mol. The summed E-state index contributed by atoms with van der Waals surface area (Å²) in [5.74, 6) is -0.629. The Morgan fingerprint density at radius 1 is 1.20 bits per heavy atom. The Morgan fingerprint density at radius 2 is 1.95 bits per heavy atom. The summed E-state index contributed by atoms with van der Waals surface area (Å²) in [5, 5.41) is 16.3. The first-order valence-corrected chi connectivity index (χ1v) is 17.6. The molecule has 1 fully saturated rings. The van der Waals surface area contributed by atoms with Gasteiger partial charge in [-0.25, -0.2) is 8.42 Å². The van der Waals surface area contributed by atoms with Crippen molar-refractivity contribution in [2.45, 2.75) is 62.9 Å². The quantitative estimate of drug-likeness (QED) is 0.482. The summed E-state index contributed by atoms with van der Waals surface area (Å²) in [4.78, 5) is 15.8. The number of thiophene rings is 1. The highest BCUT2D eigenvalue weighted by atomic mass is 32.2. The fourth-order valence-electron chi connectivity index (χ4n) is 5.76. The van der Waals surface area contributed by atoms with E-state index in [4.69, 9.17) is 4.74 Å². The van der Waals surface area contributed by atoms with Gasteiger partial charge < -0.3 is 20.1 Å². The van der Waals surface area contributed by atoms with Crippen LogP contribution >= 0.6 is 11.3 Å². The number of sulfone groups is 1. The number of anilines is 1. The molecular formula is C27H33N3O7S3. The number of carbonyl (C=O) groups excluding carboxylic acids is 1. The van der Waals surface area contributed by atoms with Gasteiger partial charge in [0.2, 0.25) is 0 Å². The summed E-state index contributed by atoms with van der Waals surface area (Å²) < 4.78 is 59.3. The molecule has 1 saturated carbocycles. The number of nitrogens with zero attached hydrogens (tertiary/aromatic N) is 2. The number of carbonyl (C=O) groups is 1. The number of aryl methyl sites for hydroxylation is 2. The number of aliphatic hydroxyl groups excluding tert-OH is 1. The van der Waals surface area contributed by atoms with Gasteiger partial charge in [0.1, 0.15) is 36.8 Å². The predicted octanol–water partition coefficient (Wildman–Crippen LogP) is 3.97. The number of hydrogen-bond acceptors (Lipinski definition) is 9. The lowest BCUT2D eigenvalue weighted by atomic mass is 9.84. The Labute approximate surface area is 238 Å². The van der Waals surface area contributed by atoms with E-state index < -0.39 is 25.8 Å². The van der Waals surface area contributed by atoms with Crippen molar-refractivity contribution in [1.29, 1.82) is 0 Å². The molecule has 13 heteroatoms. The van der Waals surface area contributed by atoms with Crippen LogP contribution in [0.5, 0.6) is 5.75 Å². The topological polar surface area (TPSA) is 142 Å². The van der Waals surface area contributed by atoms with Crippen LogP contribution in [0.4, 0.5) is 5.00 Å². The van der Waals surface area contributed by atoms with Crippen LogP contribution in [0.2, 0.25) is 0 Å². The Bertz CT molecular complexity index is 1620. The number of aliphatic hydroxyl groups is 1. The molecule has 3 aliphatic rings. The SMILES string of the molecule is COc1ccc(CN2C(=O)C(C3=NS(=O)(=O)c4c(CCS(C)(=O)=O)csc4N3)=C(O)C3CCCCCC32)c(C)c1. The van der Waals surface area contributed by atoms with Crippen LogP contribution in [0.1, 0.15) is 48.8 Å². The summed E-state index contributed by atoms with van der Waals surface area (Å²) in [6.45, 7) is 2.25. The molecule has 2 aromatic rings. The van der Waals surface area contributed by atoms with Crippen molar-refractivity contribution in [3.63, 3.8) is 0 Å². The first kappa shape index (κ1) is 28.6. The standard InChI is InChI=1S/C27H33N3O7S3/c1-16-13-19(37-2)10-9-17(16)14-30-21-8-6-4-5-7-20(21)23(31)22(27(30)32)25-28-26-24(40(35,36)29-25)18(15-38-26)11-12-39(3,33)34/h9-10,13,15,20-21,31H,4-8,11-12,14H2,1-3H3,(H,28,29). The lowest BCUT2D eigenvalue weighted by Gasteiger charge is -2.41.